The summed E-state index contributed by atoms with van der Waals surface area (Å²) >= 11 is 5.70. The van der Waals surface area contributed by atoms with Crippen molar-refractivity contribution in [3.05, 3.63) is 32.8 Å². The second kappa shape index (κ2) is 6.27. The molecule has 0 spiro atoms. The molecule has 0 atom stereocenters. The summed E-state index contributed by atoms with van der Waals surface area (Å²) in [5.74, 6) is 0. The number of rotatable bonds is 5. The molecule has 0 unspecified atom stereocenters. The summed E-state index contributed by atoms with van der Waals surface area (Å²) in [4.78, 5) is 10.9. The van der Waals surface area contributed by atoms with E-state index in [-0.39, 0.29) is 28.5 Å². The van der Waals surface area contributed by atoms with Gasteiger partial charge in [0.05, 0.1) is 11.5 Å². The molecule has 0 saturated heterocycles. The molecule has 0 aliphatic carbocycles. The van der Waals surface area contributed by atoms with Crippen LogP contribution in [-0.2, 0) is 0 Å². The van der Waals surface area contributed by atoms with Crippen LogP contribution in [0.1, 0.15) is 5.56 Å². The van der Waals surface area contributed by atoms with Crippen LogP contribution in [0.2, 0.25) is 5.02 Å². The van der Waals surface area contributed by atoms with Gasteiger partial charge in [-0.1, -0.05) is 11.6 Å². The molecular formula is C11H12ClF3N2O3. The van der Waals surface area contributed by atoms with E-state index in [1.807, 2.05) is 0 Å². The van der Waals surface area contributed by atoms with Gasteiger partial charge in [-0.15, -0.1) is 0 Å². The zero-order valence-corrected chi connectivity index (χ0v) is 11.2. The fourth-order valence-electron chi connectivity index (χ4n) is 1.76. The highest BCUT2D eigenvalue weighted by atomic mass is 35.5. The standard InChI is InChI=1S/C11H12ClF3N2O3/c1-7-4-10(17(19)20)8(12)5-9(7)16(2-3-18)6-11(13,14)15/h4-5,18H,2-3,6H2,1H3. The second-order valence-corrected chi connectivity index (χ2v) is 4.51. The predicted molar refractivity (Wildman–Crippen MR) is 68.2 cm³/mol. The molecule has 0 aliphatic heterocycles. The molecule has 1 rings (SSSR count). The molecule has 0 amide bonds. The molecule has 5 nitrogen and oxygen atoms in total. The molecule has 0 bridgehead atoms. The normalized spacial score (nSPS) is 11.5. The van der Waals surface area contributed by atoms with Crippen molar-refractivity contribution in [2.45, 2.75) is 13.1 Å². The van der Waals surface area contributed by atoms with Crippen molar-refractivity contribution < 1.29 is 23.2 Å². The lowest BCUT2D eigenvalue weighted by Crippen LogP contribution is -2.36. The minimum Gasteiger partial charge on any atom is -0.395 e. The van der Waals surface area contributed by atoms with E-state index in [0.29, 0.717) is 0 Å². The fourth-order valence-corrected chi connectivity index (χ4v) is 1.99. The number of aliphatic hydroxyl groups is 1. The van der Waals surface area contributed by atoms with Crippen LogP contribution in [-0.4, -0.2) is 35.9 Å². The van der Waals surface area contributed by atoms with Crippen molar-refractivity contribution in [2.24, 2.45) is 0 Å². The molecule has 1 aromatic rings. The van der Waals surface area contributed by atoms with Gasteiger partial charge in [0.25, 0.3) is 5.69 Å². The van der Waals surface area contributed by atoms with Crippen LogP contribution in [0.3, 0.4) is 0 Å². The number of nitrogens with zero attached hydrogens (tertiary/aromatic N) is 2. The highest BCUT2D eigenvalue weighted by Gasteiger charge is 2.31. The summed E-state index contributed by atoms with van der Waals surface area (Å²) in [6.07, 6.45) is -4.46. The van der Waals surface area contributed by atoms with Gasteiger partial charge in [-0.3, -0.25) is 10.1 Å². The lowest BCUT2D eigenvalue weighted by Gasteiger charge is -2.26. The Bertz CT molecular complexity index is 508. The molecular weight excluding hydrogens is 301 g/mol. The van der Waals surface area contributed by atoms with E-state index in [1.165, 1.54) is 6.92 Å². The average Bonchev–Trinajstić information content (AvgIpc) is 2.29. The Morgan fingerprint density at radius 1 is 1.45 bits per heavy atom. The van der Waals surface area contributed by atoms with Crippen LogP contribution in [0.25, 0.3) is 0 Å². The average molecular weight is 313 g/mol. The Kier molecular flexibility index (Phi) is 5.18. The van der Waals surface area contributed by atoms with Crippen LogP contribution in [0, 0.1) is 17.0 Å². The Morgan fingerprint density at radius 3 is 2.50 bits per heavy atom. The first-order chi connectivity index (χ1) is 9.15. The molecule has 0 aliphatic rings. The number of nitro benzene ring substituents is 1. The maximum atomic E-state index is 12.5. The van der Waals surface area contributed by atoms with Crippen LogP contribution in [0.4, 0.5) is 24.5 Å². The fraction of sp³-hybridized carbons (Fsp3) is 0.455. The topological polar surface area (TPSA) is 66.6 Å². The predicted octanol–water partition coefficient (Wildman–Crippen LogP) is 2.92. The molecule has 112 valence electrons. The van der Waals surface area contributed by atoms with Crippen molar-refractivity contribution in [2.75, 3.05) is 24.6 Å². The third-order valence-corrected chi connectivity index (χ3v) is 2.85. The lowest BCUT2D eigenvalue weighted by atomic mass is 10.1. The Morgan fingerprint density at radius 2 is 2.05 bits per heavy atom. The molecule has 0 aromatic heterocycles. The summed E-state index contributed by atoms with van der Waals surface area (Å²) < 4.78 is 37.5. The highest BCUT2D eigenvalue weighted by molar-refractivity contribution is 6.33. The van der Waals surface area contributed by atoms with Gasteiger partial charge in [0, 0.05) is 18.3 Å². The molecule has 1 aromatic carbocycles. The van der Waals surface area contributed by atoms with Gasteiger partial charge in [-0.25, -0.2) is 0 Å². The summed E-state index contributed by atoms with van der Waals surface area (Å²) in [5.41, 5.74) is 0.00893. The maximum absolute atomic E-state index is 12.5. The first-order valence-corrected chi connectivity index (χ1v) is 5.90. The van der Waals surface area contributed by atoms with Crippen molar-refractivity contribution >= 4 is 23.0 Å². The summed E-state index contributed by atoms with van der Waals surface area (Å²) in [5, 5.41) is 19.3. The number of aliphatic hydroxyl groups excluding tert-OH is 1. The molecule has 0 saturated carbocycles. The zero-order valence-electron chi connectivity index (χ0n) is 10.4. The van der Waals surface area contributed by atoms with E-state index in [4.69, 9.17) is 16.7 Å². The van der Waals surface area contributed by atoms with Crippen molar-refractivity contribution in [1.29, 1.82) is 0 Å². The van der Waals surface area contributed by atoms with E-state index in [9.17, 15) is 23.3 Å². The van der Waals surface area contributed by atoms with Crippen LogP contribution in [0.15, 0.2) is 12.1 Å². The van der Waals surface area contributed by atoms with Gasteiger partial charge in [0.2, 0.25) is 0 Å². The van der Waals surface area contributed by atoms with E-state index >= 15 is 0 Å². The first-order valence-electron chi connectivity index (χ1n) is 5.53. The largest absolute Gasteiger partial charge is 0.405 e. The monoisotopic (exact) mass is 312 g/mol. The minimum atomic E-state index is -4.46. The third-order valence-electron chi connectivity index (χ3n) is 2.54. The number of alkyl halides is 3. The quantitative estimate of drug-likeness (QED) is 0.670. The number of anilines is 1. The number of hydrogen-bond acceptors (Lipinski definition) is 4. The third kappa shape index (κ3) is 4.24. The van der Waals surface area contributed by atoms with Gasteiger partial charge in [-0.2, -0.15) is 13.2 Å². The minimum absolute atomic E-state index is 0.104. The van der Waals surface area contributed by atoms with Gasteiger partial charge < -0.3 is 10.0 Å². The highest BCUT2D eigenvalue weighted by Crippen LogP contribution is 2.33. The molecule has 0 fully saturated rings. The summed E-state index contributed by atoms with van der Waals surface area (Å²) in [7, 11) is 0. The van der Waals surface area contributed by atoms with E-state index in [2.05, 4.69) is 0 Å². The molecule has 20 heavy (non-hydrogen) atoms. The maximum Gasteiger partial charge on any atom is 0.405 e. The summed E-state index contributed by atoms with van der Waals surface area (Å²) in [6, 6.07) is 2.22. The zero-order chi connectivity index (χ0) is 15.5. The van der Waals surface area contributed by atoms with Crippen LogP contribution in [0.5, 0.6) is 0 Å². The molecule has 0 radical (unpaired) electrons. The Labute approximate surface area is 117 Å². The number of benzene rings is 1. The van der Waals surface area contributed by atoms with Gasteiger partial charge >= 0.3 is 6.18 Å². The van der Waals surface area contributed by atoms with Crippen molar-refractivity contribution in [3.63, 3.8) is 0 Å². The van der Waals surface area contributed by atoms with Gasteiger partial charge in [-0.05, 0) is 18.6 Å². The summed E-state index contributed by atoms with van der Waals surface area (Å²) in [6.45, 7) is -0.569. The van der Waals surface area contributed by atoms with E-state index in [0.717, 1.165) is 17.0 Å². The first kappa shape index (κ1) is 16.5. The van der Waals surface area contributed by atoms with Crippen molar-refractivity contribution in [3.8, 4) is 0 Å². The number of aryl methyl sites for hydroxylation is 1. The SMILES string of the molecule is Cc1cc([N+](=O)[O-])c(Cl)cc1N(CCO)CC(F)(F)F. The smallest absolute Gasteiger partial charge is 0.395 e. The van der Waals surface area contributed by atoms with Gasteiger partial charge in [0.15, 0.2) is 0 Å². The van der Waals surface area contributed by atoms with Crippen LogP contribution >= 0.6 is 11.6 Å². The number of nitro groups is 1. The number of hydrogen-bond donors (Lipinski definition) is 1. The van der Waals surface area contributed by atoms with E-state index in [1.54, 1.807) is 0 Å². The van der Waals surface area contributed by atoms with Crippen LogP contribution < -0.4 is 4.90 Å². The lowest BCUT2D eigenvalue weighted by molar-refractivity contribution is -0.384. The van der Waals surface area contributed by atoms with Crippen molar-refractivity contribution in [1.82, 2.24) is 0 Å². The molecule has 0 heterocycles. The van der Waals surface area contributed by atoms with E-state index < -0.39 is 24.3 Å². The second-order valence-electron chi connectivity index (χ2n) is 4.11. The molecule has 9 heteroatoms. The van der Waals surface area contributed by atoms with Gasteiger partial charge in [0.1, 0.15) is 11.6 Å². The number of halogens is 4. The Balaban J connectivity index is 3.20. The molecule has 1 N–H and O–H groups in total. The Hall–Kier alpha value is -1.54.